The topological polar surface area (TPSA) is 20.2 Å². The molecule has 2 aliphatic carbocycles. The average Bonchev–Trinajstić information content (AvgIpc) is 2.44. The molecule has 2 atom stereocenters. The van der Waals surface area contributed by atoms with E-state index >= 15 is 0 Å². The smallest absolute Gasteiger partial charge is 0.0647 e. The van der Waals surface area contributed by atoms with E-state index < -0.39 is 0 Å². The molecule has 54 valence electrons. The fourth-order valence-corrected chi connectivity index (χ4v) is 1.98. The second kappa shape index (κ2) is 2.24. The molecular weight excluding hydrogens is 124 g/mol. The van der Waals surface area contributed by atoms with Crippen LogP contribution in [-0.2, 0) is 0 Å². The van der Waals surface area contributed by atoms with Crippen LogP contribution in [0.3, 0.4) is 0 Å². The van der Waals surface area contributed by atoms with Crippen LogP contribution >= 0.6 is 0 Å². The first-order valence-electron chi connectivity index (χ1n) is 3.88. The van der Waals surface area contributed by atoms with Crippen LogP contribution in [0.2, 0.25) is 0 Å². The number of hydrogen-bond acceptors (Lipinski definition) is 1. The molecule has 0 fully saturated rings. The highest BCUT2D eigenvalue weighted by Crippen LogP contribution is 2.39. The highest BCUT2D eigenvalue weighted by Gasteiger charge is 2.29. The van der Waals surface area contributed by atoms with Gasteiger partial charge in [0.05, 0.1) is 6.61 Å². The van der Waals surface area contributed by atoms with Crippen LogP contribution in [0.1, 0.15) is 12.8 Å². The van der Waals surface area contributed by atoms with E-state index in [9.17, 15) is 0 Å². The molecular formula is C9H12O. The van der Waals surface area contributed by atoms with Gasteiger partial charge in [-0.1, -0.05) is 18.2 Å². The largest absolute Gasteiger partial charge is 0.392 e. The van der Waals surface area contributed by atoms with Crippen LogP contribution in [0, 0.1) is 11.8 Å². The van der Waals surface area contributed by atoms with Gasteiger partial charge >= 0.3 is 0 Å². The van der Waals surface area contributed by atoms with Crippen molar-refractivity contribution >= 4 is 0 Å². The molecule has 2 rings (SSSR count). The summed E-state index contributed by atoms with van der Waals surface area (Å²) < 4.78 is 0. The van der Waals surface area contributed by atoms with Crippen molar-refractivity contribution in [2.24, 2.45) is 11.8 Å². The number of rotatable bonds is 1. The van der Waals surface area contributed by atoms with Crippen molar-refractivity contribution in [3.63, 3.8) is 0 Å². The summed E-state index contributed by atoms with van der Waals surface area (Å²) in [4.78, 5) is 0. The summed E-state index contributed by atoms with van der Waals surface area (Å²) >= 11 is 0. The summed E-state index contributed by atoms with van der Waals surface area (Å²) in [6.07, 6.45) is 9.05. The lowest BCUT2D eigenvalue weighted by Crippen LogP contribution is -2.05. The van der Waals surface area contributed by atoms with Gasteiger partial charge in [0.25, 0.3) is 0 Å². The zero-order valence-electron chi connectivity index (χ0n) is 5.96. The molecule has 2 aliphatic rings. The molecule has 0 aromatic heterocycles. The number of fused-ring (bicyclic) bond motifs is 1. The van der Waals surface area contributed by atoms with Crippen LogP contribution in [0.25, 0.3) is 0 Å². The van der Waals surface area contributed by atoms with E-state index in [0.29, 0.717) is 5.92 Å². The molecule has 1 heteroatoms. The van der Waals surface area contributed by atoms with Gasteiger partial charge in [-0.2, -0.15) is 0 Å². The quantitative estimate of drug-likeness (QED) is 0.542. The van der Waals surface area contributed by atoms with Gasteiger partial charge in [-0.05, 0) is 24.3 Å². The van der Waals surface area contributed by atoms with Crippen molar-refractivity contribution in [3.05, 3.63) is 23.8 Å². The van der Waals surface area contributed by atoms with E-state index in [4.69, 9.17) is 5.11 Å². The van der Waals surface area contributed by atoms with Crippen molar-refractivity contribution < 1.29 is 5.11 Å². The van der Waals surface area contributed by atoms with Gasteiger partial charge in [0.2, 0.25) is 0 Å². The minimum atomic E-state index is 0.255. The lowest BCUT2D eigenvalue weighted by Gasteiger charge is -2.10. The molecule has 0 saturated heterocycles. The fraction of sp³-hybridized carbons (Fsp3) is 0.556. The third kappa shape index (κ3) is 0.739. The van der Waals surface area contributed by atoms with E-state index in [0.717, 1.165) is 5.92 Å². The molecule has 1 nitrogen and oxygen atoms in total. The van der Waals surface area contributed by atoms with Crippen LogP contribution < -0.4 is 0 Å². The predicted molar refractivity (Wildman–Crippen MR) is 40.5 cm³/mol. The van der Waals surface area contributed by atoms with Crippen molar-refractivity contribution in [1.29, 1.82) is 0 Å². The van der Waals surface area contributed by atoms with Crippen molar-refractivity contribution in [2.45, 2.75) is 12.8 Å². The highest BCUT2D eigenvalue weighted by molar-refractivity contribution is 5.25. The van der Waals surface area contributed by atoms with E-state index in [1.807, 2.05) is 0 Å². The second-order valence-electron chi connectivity index (χ2n) is 3.12. The van der Waals surface area contributed by atoms with Crippen LogP contribution in [-0.4, -0.2) is 11.7 Å². The number of allylic oxidation sites excluding steroid dienone is 3. The minimum absolute atomic E-state index is 0.255. The number of hydrogen-bond donors (Lipinski definition) is 1. The number of aliphatic hydroxyl groups excluding tert-OH is 1. The van der Waals surface area contributed by atoms with Crippen molar-refractivity contribution in [3.8, 4) is 0 Å². The number of aliphatic hydroxyl groups is 1. The second-order valence-corrected chi connectivity index (χ2v) is 3.12. The lowest BCUT2D eigenvalue weighted by molar-refractivity contribution is 0.316. The van der Waals surface area contributed by atoms with Crippen LogP contribution in [0.15, 0.2) is 23.8 Å². The molecule has 0 aliphatic heterocycles. The van der Waals surface area contributed by atoms with E-state index in [-0.39, 0.29) is 6.61 Å². The monoisotopic (exact) mass is 136 g/mol. The Kier molecular flexibility index (Phi) is 1.38. The summed E-state index contributed by atoms with van der Waals surface area (Å²) in [7, 11) is 0. The zero-order valence-corrected chi connectivity index (χ0v) is 5.96. The summed E-state index contributed by atoms with van der Waals surface area (Å²) in [5, 5.41) is 8.91. The molecule has 0 heterocycles. The van der Waals surface area contributed by atoms with Gasteiger partial charge in [0.1, 0.15) is 0 Å². The molecule has 10 heavy (non-hydrogen) atoms. The maximum Gasteiger partial charge on any atom is 0.0647 e. The summed E-state index contributed by atoms with van der Waals surface area (Å²) in [5.41, 5.74) is 1.23. The lowest BCUT2D eigenvalue weighted by atomic mass is 9.95. The van der Waals surface area contributed by atoms with Crippen LogP contribution in [0.4, 0.5) is 0 Å². The molecule has 2 unspecified atom stereocenters. The summed E-state index contributed by atoms with van der Waals surface area (Å²) in [6.45, 7) is 0.255. The van der Waals surface area contributed by atoms with Gasteiger partial charge < -0.3 is 5.11 Å². The maximum absolute atomic E-state index is 8.91. The van der Waals surface area contributed by atoms with Gasteiger partial charge in [-0.25, -0.2) is 0 Å². The Morgan fingerprint density at radius 2 is 2.40 bits per heavy atom. The Labute approximate surface area is 61.1 Å². The zero-order chi connectivity index (χ0) is 6.97. The Hall–Kier alpha value is -0.560. The molecule has 0 saturated carbocycles. The first-order chi connectivity index (χ1) is 4.92. The molecule has 0 bridgehead atoms. The molecule has 0 radical (unpaired) electrons. The maximum atomic E-state index is 8.91. The summed E-state index contributed by atoms with van der Waals surface area (Å²) in [6, 6.07) is 0. The van der Waals surface area contributed by atoms with Crippen molar-refractivity contribution in [2.75, 3.05) is 6.61 Å². The minimum Gasteiger partial charge on any atom is -0.392 e. The van der Waals surface area contributed by atoms with Crippen molar-refractivity contribution in [1.82, 2.24) is 0 Å². The molecule has 0 aromatic carbocycles. The fourth-order valence-electron chi connectivity index (χ4n) is 1.98. The SMILES string of the molecule is OCC1=CCC2CC=CC12. The Morgan fingerprint density at radius 3 is 3.20 bits per heavy atom. The molecule has 0 spiro atoms. The third-order valence-corrected chi connectivity index (χ3v) is 2.58. The van der Waals surface area contributed by atoms with E-state index in [2.05, 4.69) is 18.2 Å². The Morgan fingerprint density at radius 1 is 1.50 bits per heavy atom. The van der Waals surface area contributed by atoms with Crippen LogP contribution in [0.5, 0.6) is 0 Å². The standard InChI is InChI=1S/C9H12O/c10-6-8-5-4-7-2-1-3-9(7)8/h1,3,5,7,9-10H,2,4,6H2. The Bertz CT molecular complexity index is 191. The first-order valence-corrected chi connectivity index (χ1v) is 3.88. The normalized spacial score (nSPS) is 36.3. The van der Waals surface area contributed by atoms with E-state index in [1.165, 1.54) is 18.4 Å². The molecule has 0 amide bonds. The predicted octanol–water partition coefficient (Wildman–Crippen LogP) is 1.50. The average molecular weight is 136 g/mol. The molecule has 0 aromatic rings. The van der Waals surface area contributed by atoms with Gasteiger partial charge in [-0.15, -0.1) is 0 Å². The Balaban J connectivity index is 2.17. The third-order valence-electron chi connectivity index (χ3n) is 2.58. The first kappa shape index (κ1) is 6.17. The molecule has 1 N–H and O–H groups in total. The highest BCUT2D eigenvalue weighted by atomic mass is 16.3. The van der Waals surface area contributed by atoms with Gasteiger partial charge in [0.15, 0.2) is 0 Å². The van der Waals surface area contributed by atoms with Gasteiger partial charge in [-0.3, -0.25) is 0 Å². The van der Waals surface area contributed by atoms with Gasteiger partial charge in [0, 0.05) is 5.92 Å². The van der Waals surface area contributed by atoms with E-state index in [1.54, 1.807) is 0 Å². The summed E-state index contributed by atoms with van der Waals surface area (Å²) in [5.74, 6) is 1.38.